The van der Waals surface area contributed by atoms with Crippen LogP contribution in [0, 0.1) is 0 Å². The molecule has 24 heavy (non-hydrogen) atoms. The third-order valence-electron chi connectivity index (χ3n) is 3.54. The van der Waals surface area contributed by atoms with Gasteiger partial charge in [-0.2, -0.15) is 0 Å². The fourth-order valence-corrected chi connectivity index (χ4v) is 3.02. The molecule has 0 fully saturated rings. The Kier molecular flexibility index (Phi) is 5.00. The number of hydrogen-bond donors (Lipinski definition) is 1. The topological polar surface area (TPSA) is 73.0 Å². The Labute approximate surface area is 144 Å². The number of furan rings is 1. The summed E-state index contributed by atoms with van der Waals surface area (Å²) in [7, 11) is 1.86. The Morgan fingerprint density at radius 2 is 2.04 bits per heavy atom. The van der Waals surface area contributed by atoms with E-state index in [0.717, 1.165) is 5.56 Å². The number of aromatic nitrogens is 3. The molecule has 1 amide bonds. The van der Waals surface area contributed by atoms with Crippen LogP contribution in [0.5, 0.6) is 0 Å². The van der Waals surface area contributed by atoms with Gasteiger partial charge in [0.05, 0.1) is 11.5 Å². The first-order valence-electron chi connectivity index (χ1n) is 7.56. The van der Waals surface area contributed by atoms with Crippen molar-refractivity contribution in [2.75, 3.05) is 0 Å². The maximum Gasteiger partial charge on any atom is 0.233 e. The van der Waals surface area contributed by atoms with E-state index in [2.05, 4.69) is 15.5 Å². The van der Waals surface area contributed by atoms with Crippen LogP contribution in [0.4, 0.5) is 0 Å². The lowest BCUT2D eigenvalue weighted by molar-refractivity contribution is -0.120. The highest BCUT2D eigenvalue weighted by molar-refractivity contribution is 8.00. The standard InChI is InChI=1S/C17H18N4O2S/c1-12(16(22)18-11-13-7-4-3-5-8-13)24-17-20-19-15(21(17)2)14-9-6-10-23-14/h3-10,12H,11H2,1-2H3,(H,18,22). The number of nitrogens with one attached hydrogen (secondary N) is 1. The van der Waals surface area contributed by atoms with Gasteiger partial charge in [-0.15, -0.1) is 10.2 Å². The SMILES string of the molecule is CC(Sc1nnc(-c2ccco2)n1C)C(=O)NCc1ccccc1. The van der Waals surface area contributed by atoms with Gasteiger partial charge in [0.25, 0.3) is 0 Å². The lowest BCUT2D eigenvalue weighted by atomic mass is 10.2. The minimum Gasteiger partial charge on any atom is -0.461 e. The summed E-state index contributed by atoms with van der Waals surface area (Å²) < 4.78 is 7.17. The number of carbonyl (C=O) groups is 1. The van der Waals surface area contributed by atoms with Gasteiger partial charge in [0.2, 0.25) is 5.91 Å². The fourth-order valence-electron chi connectivity index (χ4n) is 2.18. The van der Waals surface area contributed by atoms with Crippen molar-refractivity contribution >= 4 is 17.7 Å². The predicted octanol–water partition coefficient (Wildman–Crippen LogP) is 2.87. The molecule has 0 saturated heterocycles. The summed E-state index contributed by atoms with van der Waals surface area (Å²) in [5.74, 6) is 1.25. The second-order valence-corrected chi connectivity index (χ2v) is 6.61. The molecule has 3 rings (SSSR count). The van der Waals surface area contributed by atoms with E-state index in [1.165, 1.54) is 11.8 Å². The minimum atomic E-state index is -0.277. The van der Waals surface area contributed by atoms with Crippen LogP contribution in [0.15, 0.2) is 58.3 Å². The molecule has 124 valence electrons. The Balaban J connectivity index is 1.60. The number of hydrogen-bond acceptors (Lipinski definition) is 5. The second kappa shape index (κ2) is 7.35. The van der Waals surface area contributed by atoms with E-state index in [-0.39, 0.29) is 11.2 Å². The smallest absolute Gasteiger partial charge is 0.233 e. The summed E-state index contributed by atoms with van der Waals surface area (Å²) in [5, 5.41) is 11.6. The average molecular weight is 342 g/mol. The van der Waals surface area contributed by atoms with Gasteiger partial charge in [-0.3, -0.25) is 4.79 Å². The van der Waals surface area contributed by atoms with Gasteiger partial charge >= 0.3 is 0 Å². The lowest BCUT2D eigenvalue weighted by Gasteiger charge is -2.11. The van der Waals surface area contributed by atoms with Gasteiger partial charge in [-0.05, 0) is 24.6 Å². The molecule has 0 aliphatic heterocycles. The van der Waals surface area contributed by atoms with Crippen molar-refractivity contribution in [2.24, 2.45) is 7.05 Å². The van der Waals surface area contributed by atoms with Crippen LogP contribution in [0.25, 0.3) is 11.6 Å². The Morgan fingerprint density at radius 1 is 1.25 bits per heavy atom. The predicted molar refractivity (Wildman–Crippen MR) is 92.3 cm³/mol. The van der Waals surface area contributed by atoms with Gasteiger partial charge in [0, 0.05) is 13.6 Å². The molecule has 3 aromatic rings. The molecule has 0 bridgehead atoms. The normalized spacial score (nSPS) is 12.1. The van der Waals surface area contributed by atoms with Gasteiger partial charge < -0.3 is 14.3 Å². The third kappa shape index (κ3) is 3.68. The molecule has 0 radical (unpaired) electrons. The third-order valence-corrected chi connectivity index (χ3v) is 4.67. The van der Waals surface area contributed by atoms with Crippen molar-refractivity contribution in [3.05, 3.63) is 54.3 Å². The highest BCUT2D eigenvalue weighted by Crippen LogP contribution is 2.25. The molecule has 0 saturated carbocycles. The minimum absolute atomic E-state index is 0.0357. The molecule has 1 unspecified atom stereocenters. The summed E-state index contributed by atoms with van der Waals surface area (Å²) in [5.41, 5.74) is 1.07. The highest BCUT2D eigenvalue weighted by Gasteiger charge is 2.19. The van der Waals surface area contributed by atoms with E-state index in [4.69, 9.17) is 4.42 Å². The van der Waals surface area contributed by atoms with Crippen LogP contribution < -0.4 is 5.32 Å². The number of carbonyl (C=O) groups excluding carboxylic acids is 1. The Morgan fingerprint density at radius 3 is 2.75 bits per heavy atom. The number of amides is 1. The number of thioether (sulfide) groups is 1. The molecule has 2 aromatic heterocycles. The molecule has 0 aliphatic rings. The lowest BCUT2D eigenvalue weighted by Crippen LogP contribution is -2.30. The first kappa shape index (κ1) is 16.3. The van der Waals surface area contributed by atoms with Crippen LogP contribution in [-0.4, -0.2) is 25.9 Å². The first-order chi connectivity index (χ1) is 11.6. The van der Waals surface area contributed by atoms with Crippen molar-refractivity contribution in [1.29, 1.82) is 0 Å². The van der Waals surface area contributed by atoms with Crippen LogP contribution in [0.1, 0.15) is 12.5 Å². The fraction of sp³-hybridized carbons (Fsp3) is 0.235. The van der Waals surface area contributed by atoms with Gasteiger partial charge in [0.15, 0.2) is 16.7 Å². The van der Waals surface area contributed by atoms with E-state index in [1.54, 1.807) is 12.3 Å². The van der Waals surface area contributed by atoms with E-state index < -0.39 is 0 Å². The Hall–Kier alpha value is -2.54. The van der Waals surface area contributed by atoms with Crippen LogP contribution in [0.3, 0.4) is 0 Å². The van der Waals surface area contributed by atoms with Crippen LogP contribution >= 0.6 is 11.8 Å². The average Bonchev–Trinajstić information content (AvgIpc) is 3.24. The monoisotopic (exact) mass is 342 g/mol. The number of rotatable bonds is 6. The van der Waals surface area contributed by atoms with Crippen LogP contribution in [0.2, 0.25) is 0 Å². The number of benzene rings is 1. The summed E-state index contributed by atoms with van der Waals surface area (Å²) in [4.78, 5) is 12.3. The van der Waals surface area contributed by atoms with Gasteiger partial charge in [0.1, 0.15) is 0 Å². The maximum absolute atomic E-state index is 12.3. The van der Waals surface area contributed by atoms with E-state index in [1.807, 2.05) is 54.9 Å². The zero-order valence-corrected chi connectivity index (χ0v) is 14.3. The van der Waals surface area contributed by atoms with Crippen LogP contribution in [-0.2, 0) is 18.4 Å². The molecule has 0 aliphatic carbocycles. The van der Waals surface area contributed by atoms with Crippen molar-refractivity contribution < 1.29 is 9.21 Å². The molecule has 1 atom stereocenters. The summed E-state index contributed by atoms with van der Waals surface area (Å²) in [6.45, 7) is 2.37. The molecule has 1 aromatic carbocycles. The second-order valence-electron chi connectivity index (χ2n) is 5.31. The molecule has 7 heteroatoms. The van der Waals surface area contributed by atoms with E-state index in [9.17, 15) is 4.79 Å². The molecular formula is C17H18N4O2S. The summed E-state index contributed by atoms with van der Waals surface area (Å²) in [6.07, 6.45) is 1.59. The maximum atomic E-state index is 12.3. The Bertz CT molecular complexity index is 799. The van der Waals surface area contributed by atoms with Crippen molar-refractivity contribution in [2.45, 2.75) is 23.9 Å². The van der Waals surface area contributed by atoms with Crippen molar-refractivity contribution in [3.63, 3.8) is 0 Å². The largest absolute Gasteiger partial charge is 0.461 e. The van der Waals surface area contributed by atoms with Crippen molar-refractivity contribution in [1.82, 2.24) is 20.1 Å². The van der Waals surface area contributed by atoms with Gasteiger partial charge in [-0.1, -0.05) is 42.1 Å². The zero-order valence-electron chi connectivity index (χ0n) is 13.5. The molecule has 2 heterocycles. The molecule has 6 nitrogen and oxygen atoms in total. The molecule has 1 N–H and O–H groups in total. The quantitative estimate of drug-likeness (QED) is 0.697. The highest BCUT2D eigenvalue weighted by atomic mass is 32.2. The zero-order chi connectivity index (χ0) is 16.9. The van der Waals surface area contributed by atoms with E-state index >= 15 is 0 Å². The number of nitrogens with zero attached hydrogens (tertiary/aromatic N) is 3. The van der Waals surface area contributed by atoms with Gasteiger partial charge in [-0.25, -0.2) is 0 Å². The van der Waals surface area contributed by atoms with E-state index in [0.29, 0.717) is 23.3 Å². The summed E-state index contributed by atoms with van der Waals surface area (Å²) in [6, 6.07) is 13.5. The first-order valence-corrected chi connectivity index (χ1v) is 8.44. The molecular weight excluding hydrogens is 324 g/mol. The van der Waals surface area contributed by atoms with Crippen molar-refractivity contribution in [3.8, 4) is 11.6 Å². The summed E-state index contributed by atoms with van der Waals surface area (Å²) >= 11 is 1.37. The molecule has 0 spiro atoms.